The number of carbonyl (C=O) groups is 1. The average molecular weight is 515 g/mol. The van der Waals surface area contributed by atoms with E-state index in [0.717, 1.165) is 35.8 Å². The summed E-state index contributed by atoms with van der Waals surface area (Å²) in [5.74, 6) is -0.799. The zero-order valence-corrected chi connectivity index (χ0v) is 21.2. The van der Waals surface area contributed by atoms with E-state index >= 15 is 0 Å². The van der Waals surface area contributed by atoms with E-state index in [4.69, 9.17) is 9.47 Å². The van der Waals surface area contributed by atoms with Gasteiger partial charge < -0.3 is 25.2 Å². The van der Waals surface area contributed by atoms with Crippen LogP contribution in [0.15, 0.2) is 48.6 Å². The topological polar surface area (TPSA) is 79.8 Å². The van der Waals surface area contributed by atoms with E-state index < -0.39 is 23.8 Å². The minimum Gasteiger partial charge on any atom is -0.494 e. The molecule has 0 radical (unpaired) electrons. The highest BCUT2D eigenvalue weighted by molar-refractivity contribution is 5.76. The molecule has 0 fully saturated rings. The molecule has 0 aromatic heterocycles. The fraction of sp³-hybridized carbons (Fsp3) is 0.483. The maximum absolute atomic E-state index is 13.8. The van der Waals surface area contributed by atoms with E-state index in [0.29, 0.717) is 31.6 Å². The van der Waals surface area contributed by atoms with Gasteiger partial charge in [-0.05, 0) is 73.1 Å². The van der Waals surface area contributed by atoms with Gasteiger partial charge in [0, 0.05) is 25.1 Å². The Morgan fingerprint density at radius 1 is 1.11 bits per heavy atom. The first-order valence-corrected chi connectivity index (χ1v) is 13.1. The first-order chi connectivity index (χ1) is 17.9. The number of ether oxygens (including phenoxy) is 2. The molecule has 0 saturated heterocycles. The molecule has 3 N–H and O–H groups in total. The van der Waals surface area contributed by atoms with Crippen LogP contribution in [0.1, 0.15) is 67.9 Å². The molecule has 6 nitrogen and oxygen atoms in total. The van der Waals surface area contributed by atoms with Crippen molar-refractivity contribution in [3.05, 3.63) is 76.9 Å². The number of aliphatic hydroxyl groups is 1. The number of aliphatic hydroxyl groups excluding tert-OH is 1. The van der Waals surface area contributed by atoms with Crippen LogP contribution in [-0.4, -0.2) is 42.9 Å². The van der Waals surface area contributed by atoms with Crippen molar-refractivity contribution >= 4 is 5.91 Å². The average Bonchev–Trinajstić information content (AvgIpc) is 3.20. The molecule has 1 aliphatic heterocycles. The van der Waals surface area contributed by atoms with Gasteiger partial charge in [0.15, 0.2) is 0 Å². The summed E-state index contributed by atoms with van der Waals surface area (Å²) in [4.78, 5) is 12.6. The van der Waals surface area contributed by atoms with Crippen molar-refractivity contribution in [3.63, 3.8) is 0 Å². The molecule has 0 saturated carbocycles. The van der Waals surface area contributed by atoms with Crippen molar-refractivity contribution in [2.24, 2.45) is 0 Å². The standard InChI is InChI=1S/C29H36F2N2O4/c1-2-10-36-22-8-9-23-24(16-22)25-17-28(23)37-11-6-4-3-5-7-29(35)33-26(27(34)18-32-25)14-19-12-20(30)15-21(31)13-19/h4,6,8-9,12-13,15-16,25-28,32,34H,2-3,5,7,10-11,14,17-18H2,1H3,(H,33,35)/b6-4+/t25-,26-,27+,28?/m0/s1. The first-order valence-electron chi connectivity index (χ1n) is 13.1. The summed E-state index contributed by atoms with van der Waals surface area (Å²) in [5.41, 5.74) is 2.53. The highest BCUT2D eigenvalue weighted by atomic mass is 19.1. The van der Waals surface area contributed by atoms with Crippen LogP contribution in [0.5, 0.6) is 5.75 Å². The SMILES string of the molecule is CCCOc1ccc2c(c1)[C@@H]1CC2OC/C=C/CCCC(=O)N[C@@H](Cc2cc(F)cc(F)c2)[C@H](O)CN1. The molecule has 4 rings (SSSR count). The molecule has 2 aromatic carbocycles. The molecule has 4 atom stereocenters. The Bertz CT molecular complexity index is 1070. The number of β-amino-alcohol motifs (C(OH)–C–C–N with tert-alkyl or cyclic N) is 1. The highest BCUT2D eigenvalue weighted by Crippen LogP contribution is 2.42. The maximum Gasteiger partial charge on any atom is 0.220 e. The van der Waals surface area contributed by atoms with E-state index in [9.17, 15) is 18.7 Å². The van der Waals surface area contributed by atoms with Crippen LogP contribution >= 0.6 is 0 Å². The Balaban J connectivity index is 1.55. The molecule has 1 heterocycles. The molecule has 1 aliphatic carbocycles. The van der Waals surface area contributed by atoms with Crippen molar-refractivity contribution in [2.45, 2.75) is 69.7 Å². The molecule has 37 heavy (non-hydrogen) atoms. The van der Waals surface area contributed by atoms with Crippen LogP contribution in [0.2, 0.25) is 0 Å². The third kappa shape index (κ3) is 7.60. The lowest BCUT2D eigenvalue weighted by Gasteiger charge is -2.26. The van der Waals surface area contributed by atoms with Crippen molar-refractivity contribution in [3.8, 4) is 5.75 Å². The molecule has 2 bridgehead atoms. The number of benzene rings is 2. The molecule has 1 unspecified atom stereocenters. The summed E-state index contributed by atoms with van der Waals surface area (Å²) >= 11 is 0. The molecule has 8 heteroatoms. The number of carbonyl (C=O) groups excluding carboxylic acids is 1. The smallest absolute Gasteiger partial charge is 0.220 e. The Hall–Kier alpha value is -2.81. The third-order valence-corrected chi connectivity index (χ3v) is 6.80. The third-order valence-electron chi connectivity index (χ3n) is 6.80. The van der Waals surface area contributed by atoms with Gasteiger partial charge in [0.2, 0.25) is 5.91 Å². The number of rotatable bonds is 5. The van der Waals surface area contributed by atoms with Gasteiger partial charge in [0.1, 0.15) is 17.4 Å². The lowest BCUT2D eigenvalue weighted by atomic mass is 9.99. The van der Waals surface area contributed by atoms with Gasteiger partial charge >= 0.3 is 0 Å². The Morgan fingerprint density at radius 2 is 1.92 bits per heavy atom. The molecular weight excluding hydrogens is 478 g/mol. The zero-order valence-electron chi connectivity index (χ0n) is 21.2. The largest absolute Gasteiger partial charge is 0.494 e. The number of allylic oxidation sites excluding steroid dienone is 1. The van der Waals surface area contributed by atoms with Gasteiger partial charge in [0.25, 0.3) is 0 Å². The number of fused-ring (bicyclic) bond motifs is 5. The Kier molecular flexibility index (Phi) is 9.66. The summed E-state index contributed by atoms with van der Waals surface area (Å²) in [6, 6.07) is 8.50. The van der Waals surface area contributed by atoms with E-state index in [2.05, 4.69) is 17.6 Å². The first kappa shape index (κ1) is 27.2. The van der Waals surface area contributed by atoms with Gasteiger partial charge in [-0.15, -0.1) is 0 Å². The van der Waals surface area contributed by atoms with Crippen LogP contribution in [0.4, 0.5) is 8.78 Å². The Morgan fingerprint density at radius 3 is 2.70 bits per heavy atom. The predicted molar refractivity (Wildman–Crippen MR) is 137 cm³/mol. The van der Waals surface area contributed by atoms with Crippen LogP contribution in [0.3, 0.4) is 0 Å². The van der Waals surface area contributed by atoms with Crippen molar-refractivity contribution in [2.75, 3.05) is 19.8 Å². The quantitative estimate of drug-likeness (QED) is 0.506. The lowest BCUT2D eigenvalue weighted by Crippen LogP contribution is -2.49. The van der Waals surface area contributed by atoms with Gasteiger partial charge in [-0.3, -0.25) is 4.79 Å². The maximum atomic E-state index is 13.8. The van der Waals surface area contributed by atoms with E-state index in [-0.39, 0.29) is 37.4 Å². The van der Waals surface area contributed by atoms with E-state index in [1.54, 1.807) is 0 Å². The van der Waals surface area contributed by atoms with Gasteiger partial charge in [0.05, 0.1) is 31.5 Å². The molecule has 2 aliphatic rings. The number of hydrogen-bond acceptors (Lipinski definition) is 5. The van der Waals surface area contributed by atoms with Gasteiger partial charge in [-0.25, -0.2) is 8.78 Å². The van der Waals surface area contributed by atoms with Crippen LogP contribution in [-0.2, 0) is 16.0 Å². The van der Waals surface area contributed by atoms with Crippen LogP contribution in [0, 0.1) is 11.6 Å². The number of amides is 1. The minimum absolute atomic E-state index is 0.0836. The van der Waals surface area contributed by atoms with E-state index in [1.807, 2.05) is 30.4 Å². The summed E-state index contributed by atoms with van der Waals surface area (Å²) in [7, 11) is 0. The monoisotopic (exact) mass is 514 g/mol. The lowest BCUT2D eigenvalue weighted by molar-refractivity contribution is -0.122. The molecule has 2 aromatic rings. The predicted octanol–water partition coefficient (Wildman–Crippen LogP) is 4.67. The fourth-order valence-corrected chi connectivity index (χ4v) is 4.96. The highest BCUT2D eigenvalue weighted by Gasteiger charge is 2.33. The van der Waals surface area contributed by atoms with Gasteiger partial charge in [-0.2, -0.15) is 0 Å². The second-order valence-corrected chi connectivity index (χ2v) is 9.74. The van der Waals surface area contributed by atoms with Crippen molar-refractivity contribution in [1.29, 1.82) is 0 Å². The van der Waals surface area contributed by atoms with Gasteiger partial charge in [-0.1, -0.05) is 25.1 Å². The van der Waals surface area contributed by atoms with Crippen LogP contribution < -0.4 is 15.4 Å². The number of hydrogen-bond donors (Lipinski definition) is 3. The molecule has 1 amide bonds. The molecule has 0 spiro atoms. The molecule has 200 valence electrons. The summed E-state index contributed by atoms with van der Waals surface area (Å²) in [5, 5.41) is 17.4. The van der Waals surface area contributed by atoms with E-state index in [1.165, 1.54) is 12.1 Å². The number of halogens is 2. The zero-order chi connectivity index (χ0) is 26.2. The summed E-state index contributed by atoms with van der Waals surface area (Å²) in [6.07, 6.45) is 6.28. The summed E-state index contributed by atoms with van der Waals surface area (Å²) < 4.78 is 39.6. The van der Waals surface area contributed by atoms with Crippen molar-refractivity contribution < 1.29 is 28.2 Å². The molecular formula is C29H36F2N2O4. The van der Waals surface area contributed by atoms with Crippen LogP contribution in [0.25, 0.3) is 0 Å². The Labute approximate surface area is 217 Å². The number of nitrogens with one attached hydrogen (secondary N) is 2. The van der Waals surface area contributed by atoms with Crippen molar-refractivity contribution in [1.82, 2.24) is 10.6 Å². The summed E-state index contributed by atoms with van der Waals surface area (Å²) in [6.45, 7) is 3.34. The fourth-order valence-electron chi connectivity index (χ4n) is 4.96. The second-order valence-electron chi connectivity index (χ2n) is 9.74. The normalized spacial score (nSPS) is 25.8. The minimum atomic E-state index is -0.981. The second kappa shape index (κ2) is 13.1.